The van der Waals surface area contributed by atoms with E-state index in [4.69, 9.17) is 5.73 Å². The monoisotopic (exact) mass is 449 g/mol. The average molecular weight is 450 g/mol. The summed E-state index contributed by atoms with van der Waals surface area (Å²) in [6, 6.07) is 6.49. The van der Waals surface area contributed by atoms with Gasteiger partial charge in [-0.1, -0.05) is 43.2 Å². The molecule has 0 saturated heterocycles. The lowest BCUT2D eigenvalue weighted by atomic mass is 9.97. The number of hydrogen-bond acceptors (Lipinski definition) is 3. The first kappa shape index (κ1) is 22.8. The van der Waals surface area contributed by atoms with Crippen molar-refractivity contribution in [2.75, 3.05) is 6.54 Å². The number of hydrogen-bond donors (Lipinski definition) is 1. The molecule has 2 atom stereocenters. The minimum absolute atomic E-state index is 0.0723. The van der Waals surface area contributed by atoms with Gasteiger partial charge in [0.2, 0.25) is 5.91 Å². The fourth-order valence-corrected chi connectivity index (χ4v) is 4.99. The van der Waals surface area contributed by atoms with E-state index in [1.54, 1.807) is 4.90 Å². The third-order valence-electron chi connectivity index (χ3n) is 6.97. The fourth-order valence-electron chi connectivity index (χ4n) is 4.99. The standard InChI is InChI=1S/C24H30F3N3O2/c25-24(26,27)23(32)30(15-20(28)16-5-1-2-6-16)21(17-9-10-17)11-12-22(31)29-13-18-7-3-4-8-19(18)14-29/h3-4,7-8,11-12,16-17,20-21H,1-2,5-6,9-10,13-15,28H2/b12-11+/t20-,21-/m1/s1. The van der Waals surface area contributed by atoms with Gasteiger partial charge in [-0.25, -0.2) is 0 Å². The molecule has 1 heterocycles. The highest BCUT2D eigenvalue weighted by Crippen LogP contribution is 2.38. The number of amides is 2. The zero-order valence-electron chi connectivity index (χ0n) is 18.1. The van der Waals surface area contributed by atoms with Crippen LogP contribution in [-0.2, 0) is 22.7 Å². The Balaban J connectivity index is 1.49. The van der Waals surface area contributed by atoms with Crippen LogP contribution in [0.5, 0.6) is 0 Å². The van der Waals surface area contributed by atoms with Gasteiger partial charge in [0.05, 0.1) is 6.04 Å². The summed E-state index contributed by atoms with van der Waals surface area (Å²) in [5.41, 5.74) is 8.41. The molecule has 2 aliphatic carbocycles. The fraction of sp³-hybridized carbons (Fsp3) is 0.583. The van der Waals surface area contributed by atoms with E-state index < -0.39 is 24.2 Å². The molecule has 0 aromatic heterocycles. The molecule has 0 bridgehead atoms. The van der Waals surface area contributed by atoms with Gasteiger partial charge in [0, 0.05) is 31.8 Å². The summed E-state index contributed by atoms with van der Waals surface area (Å²) in [6.45, 7) is 0.814. The van der Waals surface area contributed by atoms with E-state index in [2.05, 4.69) is 0 Å². The van der Waals surface area contributed by atoms with Gasteiger partial charge in [0.25, 0.3) is 0 Å². The first-order valence-corrected chi connectivity index (χ1v) is 11.4. The predicted octanol–water partition coefficient (Wildman–Crippen LogP) is 3.77. The normalized spacial score (nSPS) is 21.1. The Labute approximate surface area is 186 Å². The van der Waals surface area contributed by atoms with Crippen molar-refractivity contribution in [3.05, 3.63) is 47.5 Å². The molecule has 1 aliphatic heterocycles. The SMILES string of the molecule is N[C@H](CN(C(=O)C(F)(F)F)[C@H](/C=C/C(=O)N1Cc2ccccc2C1)C1CC1)C1CCCC1. The lowest BCUT2D eigenvalue weighted by Gasteiger charge is -2.34. The number of carbonyl (C=O) groups excluding carboxylic acids is 2. The van der Waals surface area contributed by atoms with Crippen molar-refractivity contribution in [2.24, 2.45) is 17.6 Å². The topological polar surface area (TPSA) is 66.6 Å². The second-order valence-electron chi connectivity index (χ2n) is 9.31. The van der Waals surface area contributed by atoms with Crippen LogP contribution in [0.3, 0.4) is 0 Å². The molecular formula is C24H30F3N3O2. The molecule has 32 heavy (non-hydrogen) atoms. The lowest BCUT2D eigenvalue weighted by Crippen LogP contribution is -2.53. The Kier molecular flexibility index (Phi) is 6.60. The number of benzene rings is 1. The van der Waals surface area contributed by atoms with Crippen LogP contribution in [0.1, 0.15) is 49.7 Å². The molecule has 4 rings (SSSR count). The van der Waals surface area contributed by atoms with Crippen LogP contribution in [0.25, 0.3) is 0 Å². The Morgan fingerprint density at radius 1 is 1.06 bits per heavy atom. The van der Waals surface area contributed by atoms with Crippen molar-refractivity contribution in [3.8, 4) is 0 Å². The maximum Gasteiger partial charge on any atom is 0.471 e. The van der Waals surface area contributed by atoms with E-state index in [0.717, 1.165) is 54.6 Å². The largest absolute Gasteiger partial charge is 0.471 e. The van der Waals surface area contributed by atoms with E-state index in [0.29, 0.717) is 13.1 Å². The molecule has 2 saturated carbocycles. The van der Waals surface area contributed by atoms with Crippen LogP contribution >= 0.6 is 0 Å². The number of halogens is 3. The van der Waals surface area contributed by atoms with E-state index in [-0.39, 0.29) is 24.3 Å². The maximum absolute atomic E-state index is 13.4. The maximum atomic E-state index is 13.4. The lowest BCUT2D eigenvalue weighted by molar-refractivity contribution is -0.187. The van der Waals surface area contributed by atoms with Crippen molar-refractivity contribution < 1.29 is 22.8 Å². The van der Waals surface area contributed by atoms with Crippen LogP contribution in [0.4, 0.5) is 13.2 Å². The number of rotatable bonds is 7. The van der Waals surface area contributed by atoms with Crippen molar-refractivity contribution in [2.45, 2.75) is 69.9 Å². The molecule has 0 unspecified atom stereocenters. The van der Waals surface area contributed by atoms with Crippen molar-refractivity contribution in [1.82, 2.24) is 9.80 Å². The molecule has 5 nitrogen and oxygen atoms in total. The molecule has 1 aromatic rings. The number of nitrogens with two attached hydrogens (primary N) is 1. The Morgan fingerprint density at radius 3 is 2.19 bits per heavy atom. The van der Waals surface area contributed by atoms with Gasteiger partial charge < -0.3 is 15.5 Å². The van der Waals surface area contributed by atoms with Crippen LogP contribution in [-0.4, -0.2) is 46.4 Å². The third-order valence-corrected chi connectivity index (χ3v) is 6.97. The Bertz CT molecular complexity index is 850. The summed E-state index contributed by atoms with van der Waals surface area (Å²) in [7, 11) is 0. The zero-order valence-corrected chi connectivity index (χ0v) is 18.1. The molecule has 8 heteroatoms. The number of nitrogens with zero attached hydrogens (tertiary/aromatic N) is 2. The Hall–Kier alpha value is -2.35. The smallest absolute Gasteiger partial charge is 0.330 e. The van der Waals surface area contributed by atoms with Crippen molar-refractivity contribution in [3.63, 3.8) is 0 Å². The highest BCUT2D eigenvalue weighted by atomic mass is 19.4. The highest BCUT2D eigenvalue weighted by Gasteiger charge is 2.48. The van der Waals surface area contributed by atoms with Crippen LogP contribution in [0, 0.1) is 11.8 Å². The van der Waals surface area contributed by atoms with Gasteiger partial charge in [0.15, 0.2) is 0 Å². The summed E-state index contributed by atoms with van der Waals surface area (Å²) in [5, 5.41) is 0. The molecule has 3 aliphatic rings. The number of fused-ring (bicyclic) bond motifs is 1. The highest BCUT2D eigenvalue weighted by molar-refractivity contribution is 5.88. The molecule has 174 valence electrons. The van der Waals surface area contributed by atoms with Gasteiger partial charge in [-0.15, -0.1) is 0 Å². The predicted molar refractivity (Wildman–Crippen MR) is 114 cm³/mol. The minimum atomic E-state index is -4.98. The number of alkyl halides is 3. The summed E-state index contributed by atoms with van der Waals surface area (Å²) in [6.07, 6.45) is 3.13. The van der Waals surface area contributed by atoms with E-state index >= 15 is 0 Å². The molecular weight excluding hydrogens is 419 g/mol. The van der Waals surface area contributed by atoms with Crippen molar-refractivity contribution >= 4 is 11.8 Å². The molecule has 2 amide bonds. The molecule has 0 radical (unpaired) electrons. The summed E-state index contributed by atoms with van der Waals surface area (Å²) >= 11 is 0. The first-order chi connectivity index (χ1) is 15.2. The zero-order chi connectivity index (χ0) is 22.9. The average Bonchev–Trinajstić information content (AvgIpc) is 3.27. The third kappa shape index (κ3) is 5.17. The van der Waals surface area contributed by atoms with Gasteiger partial charge in [-0.2, -0.15) is 13.2 Å². The summed E-state index contributed by atoms with van der Waals surface area (Å²) in [5.74, 6) is -2.07. The first-order valence-electron chi connectivity index (χ1n) is 11.4. The quantitative estimate of drug-likeness (QED) is 0.645. The van der Waals surface area contributed by atoms with Gasteiger partial charge in [-0.05, 0) is 48.6 Å². The second-order valence-corrected chi connectivity index (χ2v) is 9.31. The van der Waals surface area contributed by atoms with E-state index in [9.17, 15) is 22.8 Å². The second kappa shape index (κ2) is 9.25. The van der Waals surface area contributed by atoms with Gasteiger partial charge >= 0.3 is 12.1 Å². The Morgan fingerprint density at radius 2 is 1.66 bits per heavy atom. The van der Waals surface area contributed by atoms with Crippen LogP contribution < -0.4 is 5.73 Å². The van der Waals surface area contributed by atoms with E-state index in [1.165, 1.54) is 12.2 Å². The molecule has 1 aromatic carbocycles. The summed E-state index contributed by atoms with van der Waals surface area (Å²) < 4.78 is 40.3. The number of carbonyl (C=O) groups is 2. The van der Waals surface area contributed by atoms with E-state index in [1.807, 2.05) is 24.3 Å². The van der Waals surface area contributed by atoms with Gasteiger partial charge in [0.1, 0.15) is 0 Å². The molecule has 2 N–H and O–H groups in total. The molecule has 0 spiro atoms. The molecule has 2 fully saturated rings. The van der Waals surface area contributed by atoms with Gasteiger partial charge in [-0.3, -0.25) is 9.59 Å². The minimum Gasteiger partial charge on any atom is -0.330 e. The van der Waals surface area contributed by atoms with Crippen LogP contribution in [0.15, 0.2) is 36.4 Å². The van der Waals surface area contributed by atoms with Crippen molar-refractivity contribution in [1.29, 1.82) is 0 Å². The van der Waals surface area contributed by atoms with Crippen LogP contribution in [0.2, 0.25) is 0 Å². The summed E-state index contributed by atoms with van der Waals surface area (Å²) in [4.78, 5) is 27.7.